The molecule has 5 nitrogen and oxygen atoms in total. The summed E-state index contributed by atoms with van der Waals surface area (Å²) < 4.78 is 0. The number of rotatable bonds is 7. The lowest BCUT2D eigenvalue weighted by Crippen LogP contribution is -2.17. The Balaban J connectivity index is 2.24. The van der Waals surface area contributed by atoms with E-state index in [1.54, 1.807) is 18.3 Å². The van der Waals surface area contributed by atoms with E-state index in [4.69, 9.17) is 0 Å². The maximum Gasteiger partial charge on any atom is 0.274 e. The Morgan fingerprint density at radius 2 is 1.91 bits per heavy atom. The first-order chi connectivity index (χ1) is 11.2. The molecule has 0 aliphatic carbocycles. The second kappa shape index (κ2) is 8.08. The van der Waals surface area contributed by atoms with Crippen molar-refractivity contribution in [1.29, 1.82) is 0 Å². The zero-order valence-electron chi connectivity index (χ0n) is 13.6. The average Bonchev–Trinajstić information content (AvgIpc) is 2.60. The Labute approximate surface area is 136 Å². The molecule has 0 aliphatic heterocycles. The number of nitrogens with one attached hydrogen (secondary N) is 2. The van der Waals surface area contributed by atoms with E-state index in [9.17, 15) is 4.79 Å². The summed E-state index contributed by atoms with van der Waals surface area (Å²) in [5.74, 6) is 0.182. The van der Waals surface area contributed by atoms with Gasteiger partial charge in [0, 0.05) is 18.4 Å². The van der Waals surface area contributed by atoms with Crippen LogP contribution in [0.4, 0.5) is 11.6 Å². The van der Waals surface area contributed by atoms with E-state index in [1.165, 1.54) is 0 Å². The molecule has 5 heteroatoms. The molecular formula is C18H22N4O. The Morgan fingerprint density at radius 1 is 1.22 bits per heavy atom. The minimum Gasteiger partial charge on any atom is -0.351 e. The maximum absolute atomic E-state index is 12.5. The topological polar surface area (TPSA) is 66.9 Å². The minimum absolute atomic E-state index is 0.232. The van der Waals surface area contributed by atoms with Crippen molar-refractivity contribution in [2.75, 3.05) is 17.2 Å². The molecule has 2 N–H and O–H groups in total. The maximum atomic E-state index is 12.5. The highest BCUT2D eigenvalue weighted by Gasteiger charge is 2.13. The highest BCUT2D eigenvalue weighted by atomic mass is 16.1. The van der Waals surface area contributed by atoms with Gasteiger partial charge < -0.3 is 10.6 Å². The lowest BCUT2D eigenvalue weighted by Gasteiger charge is -2.14. The Bertz CT molecular complexity index is 675. The third-order valence-electron chi connectivity index (χ3n) is 3.53. The standard InChI is InChI=1S/C18H22N4O/c1-4-11-19-18-20-12-10-15(21-18)17(23)22-16-13(5-2)8-7-9-14(16)6-3/h4,7-10,12H,1,5-6,11H2,2-3H3,(H,22,23)(H,19,20,21). The molecule has 120 valence electrons. The molecule has 1 amide bonds. The Morgan fingerprint density at radius 3 is 2.52 bits per heavy atom. The van der Waals surface area contributed by atoms with Gasteiger partial charge in [0.15, 0.2) is 0 Å². The summed E-state index contributed by atoms with van der Waals surface area (Å²) >= 11 is 0. The van der Waals surface area contributed by atoms with Gasteiger partial charge in [-0.25, -0.2) is 9.97 Å². The number of para-hydroxylation sites is 1. The van der Waals surface area contributed by atoms with Gasteiger partial charge in [0.2, 0.25) is 5.95 Å². The van der Waals surface area contributed by atoms with E-state index in [-0.39, 0.29) is 5.91 Å². The molecule has 0 saturated heterocycles. The molecule has 0 spiro atoms. The lowest BCUT2D eigenvalue weighted by molar-refractivity contribution is 0.102. The van der Waals surface area contributed by atoms with Crippen LogP contribution < -0.4 is 10.6 Å². The largest absolute Gasteiger partial charge is 0.351 e. The number of aromatic nitrogens is 2. The predicted molar refractivity (Wildman–Crippen MR) is 93.9 cm³/mol. The number of carbonyl (C=O) groups is 1. The monoisotopic (exact) mass is 310 g/mol. The van der Waals surface area contributed by atoms with Gasteiger partial charge in [0.25, 0.3) is 5.91 Å². The highest BCUT2D eigenvalue weighted by molar-refractivity contribution is 6.03. The summed E-state index contributed by atoms with van der Waals surface area (Å²) in [6, 6.07) is 7.70. The van der Waals surface area contributed by atoms with Crippen LogP contribution in [0.3, 0.4) is 0 Å². The van der Waals surface area contributed by atoms with E-state index < -0.39 is 0 Å². The van der Waals surface area contributed by atoms with Gasteiger partial charge in [0.05, 0.1) is 0 Å². The number of hydrogen-bond donors (Lipinski definition) is 2. The van der Waals surface area contributed by atoms with E-state index in [0.717, 1.165) is 29.7 Å². The first-order valence-electron chi connectivity index (χ1n) is 7.79. The van der Waals surface area contributed by atoms with Gasteiger partial charge in [0.1, 0.15) is 5.69 Å². The van der Waals surface area contributed by atoms with E-state index in [0.29, 0.717) is 18.2 Å². The molecule has 2 aromatic rings. The minimum atomic E-state index is -0.232. The Kier molecular flexibility index (Phi) is 5.86. The summed E-state index contributed by atoms with van der Waals surface area (Å²) in [5, 5.41) is 5.98. The summed E-state index contributed by atoms with van der Waals surface area (Å²) in [4.78, 5) is 20.8. The fraction of sp³-hybridized carbons (Fsp3) is 0.278. The summed E-state index contributed by atoms with van der Waals surface area (Å²) in [5.41, 5.74) is 3.47. The van der Waals surface area contributed by atoms with Crippen LogP contribution >= 0.6 is 0 Å². The number of amides is 1. The normalized spacial score (nSPS) is 10.2. The molecule has 1 heterocycles. The third-order valence-corrected chi connectivity index (χ3v) is 3.53. The summed E-state index contributed by atoms with van der Waals surface area (Å²) in [6.45, 7) is 8.33. The van der Waals surface area contributed by atoms with Crippen molar-refractivity contribution in [3.8, 4) is 0 Å². The van der Waals surface area contributed by atoms with Crippen LogP contribution in [0.5, 0.6) is 0 Å². The Hall–Kier alpha value is -2.69. The second-order valence-electron chi connectivity index (χ2n) is 5.05. The molecule has 0 fully saturated rings. The molecule has 0 radical (unpaired) electrons. The molecule has 1 aromatic heterocycles. The zero-order chi connectivity index (χ0) is 16.7. The van der Waals surface area contributed by atoms with Gasteiger partial charge in [-0.3, -0.25) is 4.79 Å². The van der Waals surface area contributed by atoms with Gasteiger partial charge >= 0.3 is 0 Å². The van der Waals surface area contributed by atoms with E-state index in [1.807, 2.05) is 18.2 Å². The molecule has 0 atom stereocenters. The van der Waals surface area contributed by atoms with Crippen molar-refractivity contribution in [1.82, 2.24) is 9.97 Å². The first kappa shape index (κ1) is 16.7. The average molecular weight is 310 g/mol. The SMILES string of the molecule is C=CCNc1nccc(C(=O)Nc2c(CC)cccc2CC)n1. The first-order valence-corrected chi connectivity index (χ1v) is 7.79. The fourth-order valence-electron chi connectivity index (χ4n) is 2.31. The molecule has 1 aromatic carbocycles. The molecule has 0 aliphatic rings. The van der Waals surface area contributed by atoms with Gasteiger partial charge in [-0.15, -0.1) is 6.58 Å². The molecule has 23 heavy (non-hydrogen) atoms. The van der Waals surface area contributed by atoms with Gasteiger partial charge in [-0.2, -0.15) is 0 Å². The molecular weight excluding hydrogens is 288 g/mol. The number of hydrogen-bond acceptors (Lipinski definition) is 4. The van der Waals surface area contributed by atoms with Crippen LogP contribution in [-0.4, -0.2) is 22.4 Å². The summed E-state index contributed by atoms with van der Waals surface area (Å²) in [6.07, 6.45) is 5.00. The number of nitrogens with zero attached hydrogens (tertiary/aromatic N) is 2. The zero-order valence-corrected chi connectivity index (χ0v) is 13.6. The van der Waals surface area contributed by atoms with Gasteiger partial charge in [-0.1, -0.05) is 38.1 Å². The van der Waals surface area contributed by atoms with Gasteiger partial charge in [-0.05, 0) is 30.0 Å². The fourth-order valence-corrected chi connectivity index (χ4v) is 2.31. The van der Waals surface area contributed by atoms with Crippen LogP contribution in [0.25, 0.3) is 0 Å². The summed E-state index contributed by atoms with van der Waals surface area (Å²) in [7, 11) is 0. The molecule has 2 rings (SSSR count). The van der Waals surface area contributed by atoms with Crippen molar-refractivity contribution < 1.29 is 4.79 Å². The number of aryl methyl sites for hydroxylation is 2. The van der Waals surface area contributed by atoms with Crippen LogP contribution in [0.1, 0.15) is 35.5 Å². The smallest absolute Gasteiger partial charge is 0.274 e. The van der Waals surface area contributed by atoms with E-state index in [2.05, 4.69) is 41.0 Å². The third kappa shape index (κ3) is 4.16. The number of anilines is 2. The highest BCUT2D eigenvalue weighted by Crippen LogP contribution is 2.23. The van der Waals surface area contributed by atoms with Crippen molar-refractivity contribution in [2.24, 2.45) is 0 Å². The van der Waals surface area contributed by atoms with Crippen molar-refractivity contribution in [2.45, 2.75) is 26.7 Å². The lowest BCUT2D eigenvalue weighted by atomic mass is 10.0. The second-order valence-corrected chi connectivity index (χ2v) is 5.05. The molecule has 0 bridgehead atoms. The van der Waals surface area contributed by atoms with Crippen molar-refractivity contribution >= 4 is 17.5 Å². The van der Waals surface area contributed by atoms with E-state index >= 15 is 0 Å². The molecule has 0 saturated carbocycles. The molecule has 0 unspecified atom stereocenters. The van der Waals surface area contributed by atoms with Crippen molar-refractivity contribution in [3.05, 3.63) is 59.9 Å². The number of benzene rings is 1. The predicted octanol–water partition coefficient (Wildman–Crippen LogP) is 3.45. The van der Waals surface area contributed by atoms with Crippen LogP contribution in [0.2, 0.25) is 0 Å². The van der Waals surface area contributed by atoms with Crippen LogP contribution in [0, 0.1) is 0 Å². The van der Waals surface area contributed by atoms with Crippen molar-refractivity contribution in [3.63, 3.8) is 0 Å². The van der Waals surface area contributed by atoms with Crippen LogP contribution in [0.15, 0.2) is 43.1 Å². The quantitative estimate of drug-likeness (QED) is 0.769. The van der Waals surface area contributed by atoms with Crippen LogP contribution in [-0.2, 0) is 12.8 Å². The number of carbonyl (C=O) groups excluding carboxylic acids is 1.